The molecule has 0 unspecified atom stereocenters. The third kappa shape index (κ3) is 1.24. The van der Waals surface area contributed by atoms with Crippen molar-refractivity contribution in [2.24, 2.45) is 0 Å². The highest BCUT2D eigenvalue weighted by atomic mass is 16.5. The lowest BCUT2D eigenvalue weighted by atomic mass is 10.0. The van der Waals surface area contributed by atoms with Crippen LogP contribution in [0.2, 0.25) is 0 Å². The molecule has 0 amide bonds. The number of fused-ring (bicyclic) bond motifs is 1. The second kappa shape index (κ2) is 3.05. The van der Waals surface area contributed by atoms with Gasteiger partial charge in [0.2, 0.25) is 0 Å². The number of allylic oxidation sites excluding steroid dienone is 1. The Hall–Kier alpha value is -1.57. The Morgan fingerprint density at radius 2 is 2.38 bits per heavy atom. The quantitative estimate of drug-likeness (QED) is 0.506. The Balaban J connectivity index is 2.53. The van der Waals surface area contributed by atoms with Crippen molar-refractivity contribution in [3.63, 3.8) is 0 Å². The van der Waals surface area contributed by atoms with Crippen LogP contribution in [-0.4, -0.2) is 12.4 Å². The van der Waals surface area contributed by atoms with E-state index in [2.05, 4.69) is 6.58 Å². The van der Waals surface area contributed by atoms with Gasteiger partial charge in [-0.25, -0.2) is 0 Å². The largest absolute Gasteiger partial charge is 0.493 e. The van der Waals surface area contributed by atoms with Gasteiger partial charge >= 0.3 is 0 Å². The number of carbonyl (C=O) groups excluding carboxylic acids is 1. The molecular formula is C11H10O2. The van der Waals surface area contributed by atoms with Crippen LogP contribution in [0.25, 0.3) is 0 Å². The highest BCUT2D eigenvalue weighted by Crippen LogP contribution is 2.28. The van der Waals surface area contributed by atoms with E-state index in [0.29, 0.717) is 6.61 Å². The third-order valence-electron chi connectivity index (χ3n) is 2.19. The van der Waals surface area contributed by atoms with Gasteiger partial charge in [0, 0.05) is 17.5 Å². The van der Waals surface area contributed by atoms with Crippen LogP contribution in [0.5, 0.6) is 5.75 Å². The third-order valence-corrected chi connectivity index (χ3v) is 2.19. The van der Waals surface area contributed by atoms with Gasteiger partial charge in [-0.3, -0.25) is 4.79 Å². The van der Waals surface area contributed by atoms with Crippen molar-refractivity contribution in [1.29, 1.82) is 0 Å². The minimum atomic E-state index is -0.0256. The normalized spacial score (nSPS) is 13.2. The molecule has 0 N–H and O–H groups in total. The van der Waals surface area contributed by atoms with Crippen LogP contribution < -0.4 is 4.74 Å². The number of benzene rings is 1. The molecule has 0 atom stereocenters. The first kappa shape index (κ1) is 8.05. The number of carbonyl (C=O) groups is 1. The van der Waals surface area contributed by atoms with E-state index in [-0.39, 0.29) is 5.78 Å². The van der Waals surface area contributed by atoms with E-state index in [1.54, 1.807) is 0 Å². The maximum absolute atomic E-state index is 11.4. The minimum absolute atomic E-state index is 0.0256. The van der Waals surface area contributed by atoms with Gasteiger partial charge in [0.05, 0.1) is 6.61 Å². The molecule has 1 aromatic carbocycles. The molecule has 0 aromatic heterocycles. The Morgan fingerprint density at radius 3 is 3.15 bits per heavy atom. The Morgan fingerprint density at radius 1 is 1.54 bits per heavy atom. The van der Waals surface area contributed by atoms with Crippen molar-refractivity contribution in [3.05, 3.63) is 42.0 Å². The molecule has 13 heavy (non-hydrogen) atoms. The topological polar surface area (TPSA) is 26.3 Å². The molecule has 0 bridgehead atoms. The first-order chi connectivity index (χ1) is 6.33. The van der Waals surface area contributed by atoms with E-state index >= 15 is 0 Å². The van der Waals surface area contributed by atoms with Crippen LogP contribution in [0.3, 0.4) is 0 Å². The zero-order valence-electron chi connectivity index (χ0n) is 7.25. The fourth-order valence-corrected chi connectivity index (χ4v) is 1.56. The van der Waals surface area contributed by atoms with Gasteiger partial charge in [-0.15, -0.1) is 0 Å². The van der Waals surface area contributed by atoms with E-state index in [4.69, 9.17) is 4.74 Å². The average Bonchev–Trinajstić information content (AvgIpc) is 2.63. The van der Waals surface area contributed by atoms with Crippen molar-refractivity contribution < 1.29 is 9.53 Å². The molecule has 0 aliphatic carbocycles. The first-order valence-electron chi connectivity index (χ1n) is 4.24. The standard InChI is InChI=1S/C11H10O2/c1-2-10(12)8-4-3-5-11-9(8)6-7-13-11/h2-5H,1,6-7H2. The number of hydrogen-bond donors (Lipinski definition) is 0. The number of hydrogen-bond acceptors (Lipinski definition) is 2. The van der Waals surface area contributed by atoms with E-state index in [1.807, 2.05) is 18.2 Å². The van der Waals surface area contributed by atoms with E-state index in [1.165, 1.54) is 6.08 Å². The van der Waals surface area contributed by atoms with Crippen LogP contribution in [0.15, 0.2) is 30.9 Å². The summed E-state index contributed by atoms with van der Waals surface area (Å²) in [5, 5.41) is 0. The Labute approximate surface area is 76.8 Å². The monoisotopic (exact) mass is 174 g/mol. The second-order valence-corrected chi connectivity index (χ2v) is 2.95. The van der Waals surface area contributed by atoms with Crippen molar-refractivity contribution in [2.75, 3.05) is 6.61 Å². The molecule has 2 heteroatoms. The lowest BCUT2D eigenvalue weighted by Gasteiger charge is -2.02. The van der Waals surface area contributed by atoms with Crippen LogP contribution in [0, 0.1) is 0 Å². The van der Waals surface area contributed by atoms with Crippen LogP contribution in [0.4, 0.5) is 0 Å². The van der Waals surface area contributed by atoms with Gasteiger partial charge in [0.25, 0.3) is 0 Å². The van der Waals surface area contributed by atoms with Crippen LogP contribution >= 0.6 is 0 Å². The summed E-state index contributed by atoms with van der Waals surface area (Å²) in [5.41, 5.74) is 1.75. The van der Waals surface area contributed by atoms with Crippen molar-refractivity contribution in [1.82, 2.24) is 0 Å². The molecule has 0 saturated heterocycles. The smallest absolute Gasteiger partial charge is 0.185 e. The van der Waals surface area contributed by atoms with Gasteiger partial charge < -0.3 is 4.74 Å². The predicted molar refractivity (Wildman–Crippen MR) is 50.2 cm³/mol. The maximum Gasteiger partial charge on any atom is 0.185 e. The molecule has 1 aliphatic rings. The van der Waals surface area contributed by atoms with Crippen molar-refractivity contribution >= 4 is 5.78 Å². The van der Waals surface area contributed by atoms with Crippen molar-refractivity contribution in [3.8, 4) is 5.75 Å². The summed E-state index contributed by atoms with van der Waals surface area (Å²) >= 11 is 0. The van der Waals surface area contributed by atoms with Gasteiger partial charge in [-0.1, -0.05) is 18.7 Å². The summed E-state index contributed by atoms with van der Waals surface area (Å²) < 4.78 is 5.35. The molecule has 0 spiro atoms. The SMILES string of the molecule is C=CC(=O)c1cccc2c1CCO2. The molecule has 0 saturated carbocycles. The summed E-state index contributed by atoms with van der Waals surface area (Å²) in [7, 11) is 0. The minimum Gasteiger partial charge on any atom is -0.493 e. The van der Waals surface area contributed by atoms with Gasteiger partial charge in [-0.2, -0.15) is 0 Å². The first-order valence-corrected chi connectivity index (χ1v) is 4.24. The number of ketones is 1. The summed E-state index contributed by atoms with van der Waals surface area (Å²) in [6.07, 6.45) is 2.17. The Bertz CT molecular complexity index is 366. The van der Waals surface area contributed by atoms with Crippen LogP contribution in [0.1, 0.15) is 15.9 Å². The number of ether oxygens (including phenoxy) is 1. The van der Waals surface area contributed by atoms with Gasteiger partial charge in [0.15, 0.2) is 5.78 Å². The van der Waals surface area contributed by atoms with E-state index < -0.39 is 0 Å². The zero-order valence-corrected chi connectivity index (χ0v) is 7.25. The summed E-state index contributed by atoms with van der Waals surface area (Å²) in [4.78, 5) is 11.4. The van der Waals surface area contributed by atoms with E-state index in [9.17, 15) is 4.79 Å². The van der Waals surface area contributed by atoms with Crippen LogP contribution in [-0.2, 0) is 6.42 Å². The van der Waals surface area contributed by atoms with Gasteiger partial charge in [-0.05, 0) is 12.1 Å². The molecule has 1 heterocycles. The fourth-order valence-electron chi connectivity index (χ4n) is 1.56. The summed E-state index contributed by atoms with van der Waals surface area (Å²) in [6.45, 7) is 4.15. The Kier molecular flexibility index (Phi) is 1.89. The fraction of sp³-hybridized carbons (Fsp3) is 0.182. The molecule has 66 valence electrons. The molecule has 2 nitrogen and oxygen atoms in total. The number of rotatable bonds is 2. The predicted octanol–water partition coefficient (Wildman–Crippen LogP) is 1.99. The highest BCUT2D eigenvalue weighted by Gasteiger charge is 2.17. The zero-order chi connectivity index (χ0) is 9.26. The summed E-state index contributed by atoms with van der Waals surface area (Å²) in [5.74, 6) is 0.815. The average molecular weight is 174 g/mol. The van der Waals surface area contributed by atoms with Crippen molar-refractivity contribution in [2.45, 2.75) is 6.42 Å². The molecule has 1 aliphatic heterocycles. The molecule has 0 radical (unpaired) electrons. The highest BCUT2D eigenvalue weighted by molar-refractivity contribution is 6.05. The maximum atomic E-state index is 11.4. The molecule has 2 rings (SSSR count). The van der Waals surface area contributed by atoms with Gasteiger partial charge in [0.1, 0.15) is 5.75 Å². The molecule has 0 fully saturated rings. The molecule has 1 aromatic rings. The second-order valence-electron chi connectivity index (χ2n) is 2.95. The van der Waals surface area contributed by atoms with E-state index in [0.717, 1.165) is 23.3 Å². The lowest BCUT2D eigenvalue weighted by Crippen LogP contribution is -1.98. The summed E-state index contributed by atoms with van der Waals surface area (Å²) in [6, 6.07) is 5.54. The lowest BCUT2D eigenvalue weighted by molar-refractivity contribution is 0.104. The molecular weight excluding hydrogens is 164 g/mol.